The molecule has 0 spiro atoms. The van der Waals surface area contributed by atoms with E-state index in [9.17, 15) is 0 Å². The smallest absolute Gasteiger partial charge is 0.00180 e. The molecule has 0 fully saturated rings. The van der Waals surface area contributed by atoms with Gasteiger partial charge in [-0.3, -0.25) is 0 Å². The molecular formula is C6H11PS. The fourth-order valence-corrected chi connectivity index (χ4v) is 2.58. The number of rotatable bonds is 1. The fraction of sp³-hybridized carbons (Fsp3) is 0.667. The van der Waals surface area contributed by atoms with Gasteiger partial charge in [-0.05, 0) is 12.8 Å². The van der Waals surface area contributed by atoms with Gasteiger partial charge in [0.25, 0.3) is 0 Å². The van der Waals surface area contributed by atoms with Crippen molar-refractivity contribution in [2.24, 2.45) is 0 Å². The molecule has 1 rings (SSSR count). The molecular weight excluding hydrogens is 135 g/mol. The van der Waals surface area contributed by atoms with Gasteiger partial charge in [0.05, 0.1) is 0 Å². The Morgan fingerprint density at radius 2 is 2.50 bits per heavy atom. The van der Waals surface area contributed by atoms with Crippen LogP contribution in [0.4, 0.5) is 0 Å². The third kappa shape index (κ3) is 1.27. The summed E-state index contributed by atoms with van der Waals surface area (Å²) in [6.45, 7) is 2.23. The van der Waals surface area contributed by atoms with Crippen LogP contribution in [0.25, 0.3) is 0 Å². The standard InChI is InChI=1S/C6H11PS/c1-2-5-3-4-8-6(5)7/h2-4,7H2,1H3. The van der Waals surface area contributed by atoms with Crippen LogP contribution in [-0.4, -0.2) is 5.75 Å². The second-order valence-electron chi connectivity index (χ2n) is 1.92. The minimum absolute atomic E-state index is 1.24. The zero-order valence-electron chi connectivity index (χ0n) is 5.11. The van der Waals surface area contributed by atoms with Crippen LogP contribution in [0.15, 0.2) is 10.2 Å². The molecule has 2 heteroatoms. The highest BCUT2D eigenvalue weighted by Gasteiger charge is 2.07. The van der Waals surface area contributed by atoms with E-state index in [1.54, 1.807) is 5.57 Å². The van der Waals surface area contributed by atoms with Gasteiger partial charge in [-0.2, -0.15) is 0 Å². The largest absolute Gasteiger partial charge is 0.126 e. The van der Waals surface area contributed by atoms with Crippen molar-refractivity contribution in [1.82, 2.24) is 0 Å². The zero-order chi connectivity index (χ0) is 5.98. The van der Waals surface area contributed by atoms with Gasteiger partial charge in [-0.15, -0.1) is 11.8 Å². The Balaban J connectivity index is 2.58. The molecule has 0 N–H and O–H groups in total. The number of thioether (sulfide) groups is 1. The van der Waals surface area contributed by atoms with Crippen LogP contribution < -0.4 is 0 Å². The van der Waals surface area contributed by atoms with Crippen LogP contribution in [0.5, 0.6) is 0 Å². The molecule has 1 aliphatic heterocycles. The van der Waals surface area contributed by atoms with Gasteiger partial charge in [0, 0.05) is 10.4 Å². The summed E-state index contributed by atoms with van der Waals surface area (Å²) in [5, 5.41) is 0. The monoisotopic (exact) mass is 146 g/mol. The summed E-state index contributed by atoms with van der Waals surface area (Å²) in [4.78, 5) is 0. The minimum atomic E-state index is 1.24. The Bertz CT molecular complexity index is 118. The third-order valence-corrected chi connectivity index (χ3v) is 3.35. The lowest BCUT2D eigenvalue weighted by Gasteiger charge is -1.93. The first-order valence-electron chi connectivity index (χ1n) is 2.95. The lowest BCUT2D eigenvalue weighted by Crippen LogP contribution is -1.74. The molecule has 0 saturated heterocycles. The quantitative estimate of drug-likeness (QED) is 0.512. The number of allylic oxidation sites excluding steroid dienone is 1. The molecule has 0 saturated carbocycles. The van der Waals surface area contributed by atoms with E-state index in [2.05, 4.69) is 16.2 Å². The predicted molar refractivity (Wildman–Crippen MR) is 44.1 cm³/mol. The summed E-state index contributed by atoms with van der Waals surface area (Å²) < 4.78 is 1.49. The maximum Gasteiger partial charge on any atom is 0.00180 e. The van der Waals surface area contributed by atoms with Crippen LogP contribution in [-0.2, 0) is 0 Å². The first kappa shape index (κ1) is 6.64. The van der Waals surface area contributed by atoms with Crippen molar-refractivity contribution < 1.29 is 0 Å². The van der Waals surface area contributed by atoms with Crippen LogP contribution >= 0.6 is 21.0 Å². The van der Waals surface area contributed by atoms with E-state index >= 15 is 0 Å². The normalized spacial score (nSPS) is 20.2. The lowest BCUT2D eigenvalue weighted by molar-refractivity contribution is 1.00. The van der Waals surface area contributed by atoms with Crippen LogP contribution in [0.2, 0.25) is 0 Å². The SMILES string of the molecule is CCC1=C(P)SCC1. The van der Waals surface area contributed by atoms with Crippen molar-refractivity contribution in [3.8, 4) is 0 Å². The Morgan fingerprint density at radius 3 is 2.75 bits per heavy atom. The highest BCUT2D eigenvalue weighted by Crippen LogP contribution is 2.36. The topological polar surface area (TPSA) is 0 Å². The van der Waals surface area contributed by atoms with Gasteiger partial charge in [-0.25, -0.2) is 0 Å². The van der Waals surface area contributed by atoms with Gasteiger partial charge in [0.15, 0.2) is 0 Å². The van der Waals surface area contributed by atoms with Crippen LogP contribution in [0.1, 0.15) is 19.8 Å². The van der Waals surface area contributed by atoms with E-state index in [1.807, 2.05) is 11.8 Å². The Hall–Kier alpha value is 0.520. The molecule has 0 aromatic carbocycles. The van der Waals surface area contributed by atoms with E-state index < -0.39 is 0 Å². The van der Waals surface area contributed by atoms with Gasteiger partial charge in [0.1, 0.15) is 0 Å². The highest BCUT2D eigenvalue weighted by molar-refractivity contribution is 8.07. The average Bonchev–Trinajstić information content (AvgIpc) is 2.14. The Kier molecular flexibility index (Phi) is 2.40. The van der Waals surface area contributed by atoms with Crippen molar-refractivity contribution in [3.05, 3.63) is 10.2 Å². The molecule has 0 aromatic heterocycles. The molecule has 46 valence electrons. The number of hydrogen-bond donors (Lipinski definition) is 0. The second kappa shape index (κ2) is 2.89. The third-order valence-electron chi connectivity index (χ3n) is 1.44. The summed E-state index contributed by atoms with van der Waals surface area (Å²) in [5.41, 5.74) is 1.64. The molecule has 0 radical (unpaired) electrons. The average molecular weight is 146 g/mol. The summed E-state index contributed by atoms with van der Waals surface area (Å²) in [6.07, 6.45) is 2.56. The van der Waals surface area contributed by atoms with Crippen molar-refractivity contribution >= 4 is 21.0 Å². The molecule has 1 aliphatic rings. The lowest BCUT2D eigenvalue weighted by atomic mass is 10.2. The van der Waals surface area contributed by atoms with Gasteiger partial charge >= 0.3 is 0 Å². The van der Waals surface area contributed by atoms with Crippen LogP contribution in [0, 0.1) is 0 Å². The molecule has 0 amide bonds. The first-order valence-corrected chi connectivity index (χ1v) is 4.51. The highest BCUT2D eigenvalue weighted by atomic mass is 32.2. The molecule has 0 aromatic rings. The zero-order valence-corrected chi connectivity index (χ0v) is 7.08. The van der Waals surface area contributed by atoms with Crippen LogP contribution in [0.3, 0.4) is 0 Å². The molecule has 0 nitrogen and oxygen atoms in total. The van der Waals surface area contributed by atoms with E-state index in [0.29, 0.717) is 0 Å². The molecule has 0 bridgehead atoms. The minimum Gasteiger partial charge on any atom is -0.126 e. The maximum absolute atomic E-state index is 2.80. The van der Waals surface area contributed by atoms with E-state index in [0.717, 1.165) is 0 Å². The van der Waals surface area contributed by atoms with E-state index in [4.69, 9.17) is 0 Å². The van der Waals surface area contributed by atoms with Crippen molar-refractivity contribution in [2.45, 2.75) is 19.8 Å². The summed E-state index contributed by atoms with van der Waals surface area (Å²) in [6, 6.07) is 0. The second-order valence-corrected chi connectivity index (χ2v) is 4.05. The van der Waals surface area contributed by atoms with Crippen molar-refractivity contribution in [2.75, 3.05) is 5.75 Å². The molecule has 8 heavy (non-hydrogen) atoms. The predicted octanol–water partition coefficient (Wildman–Crippen LogP) is 2.62. The first-order chi connectivity index (χ1) is 3.84. The van der Waals surface area contributed by atoms with E-state index in [1.165, 1.54) is 23.2 Å². The van der Waals surface area contributed by atoms with Crippen molar-refractivity contribution in [3.63, 3.8) is 0 Å². The molecule has 0 aliphatic carbocycles. The van der Waals surface area contributed by atoms with Gasteiger partial charge in [0.2, 0.25) is 0 Å². The maximum atomic E-state index is 2.80. The van der Waals surface area contributed by atoms with Crippen molar-refractivity contribution in [1.29, 1.82) is 0 Å². The Labute approximate surface area is 57.3 Å². The summed E-state index contributed by atoms with van der Waals surface area (Å²) in [5.74, 6) is 1.31. The fourth-order valence-electron chi connectivity index (χ4n) is 0.860. The molecule has 1 atom stereocenters. The summed E-state index contributed by atoms with van der Waals surface area (Å²) >= 11 is 1.97. The van der Waals surface area contributed by atoms with Gasteiger partial charge < -0.3 is 0 Å². The van der Waals surface area contributed by atoms with Gasteiger partial charge in [-0.1, -0.05) is 21.7 Å². The summed E-state index contributed by atoms with van der Waals surface area (Å²) in [7, 11) is 2.80. The van der Waals surface area contributed by atoms with E-state index in [-0.39, 0.29) is 0 Å². The molecule has 1 heterocycles. The molecule has 1 unspecified atom stereocenters. The number of hydrogen-bond acceptors (Lipinski definition) is 1. The Morgan fingerprint density at radius 1 is 1.75 bits per heavy atom.